The van der Waals surface area contributed by atoms with E-state index in [0.717, 1.165) is 5.57 Å². The van der Waals surface area contributed by atoms with Gasteiger partial charge in [0.05, 0.1) is 0 Å². The first kappa shape index (κ1) is 24.2. The van der Waals surface area contributed by atoms with Gasteiger partial charge in [-0.1, -0.05) is 67.3 Å². The number of hydrogen-bond acceptors (Lipinski definition) is 1. The number of benzene rings is 2. The standard InChI is InChI=1S/C30H37N/c1-11-12-29(27-14-13-21(4)30(19-27)31(9)10)25(8)22(5)17-23(6)28-16-15-26(20(2)3)18-24(28)7/h11-19H,1-2H2,3-10H3/b23-17+,25-22+,29-12+. The number of nitrogens with zero attached hydrogens (tertiary/aromatic N) is 1. The first-order chi connectivity index (χ1) is 14.6. The van der Waals surface area contributed by atoms with Gasteiger partial charge in [0, 0.05) is 19.8 Å². The van der Waals surface area contributed by atoms with E-state index >= 15 is 0 Å². The summed E-state index contributed by atoms with van der Waals surface area (Å²) in [6.45, 7) is 21.0. The molecule has 0 saturated carbocycles. The molecule has 0 fully saturated rings. The van der Waals surface area contributed by atoms with Crippen LogP contribution in [-0.2, 0) is 0 Å². The van der Waals surface area contributed by atoms with Crippen LogP contribution in [0.15, 0.2) is 78.9 Å². The van der Waals surface area contributed by atoms with Crippen LogP contribution in [0, 0.1) is 13.8 Å². The molecule has 0 N–H and O–H groups in total. The molecule has 0 bridgehead atoms. The second kappa shape index (κ2) is 10.3. The number of aryl methyl sites for hydroxylation is 2. The van der Waals surface area contributed by atoms with Crippen LogP contribution in [-0.4, -0.2) is 14.1 Å². The Balaban J connectivity index is 2.52. The summed E-state index contributed by atoms with van der Waals surface area (Å²) in [6, 6.07) is 13.2. The fourth-order valence-electron chi connectivity index (χ4n) is 3.91. The average molecular weight is 412 g/mol. The Kier molecular flexibility index (Phi) is 8.05. The molecule has 0 aliphatic heterocycles. The van der Waals surface area contributed by atoms with E-state index in [-0.39, 0.29) is 0 Å². The Bertz CT molecular complexity index is 1090. The lowest BCUT2D eigenvalue weighted by molar-refractivity contribution is 1.11. The summed E-state index contributed by atoms with van der Waals surface area (Å²) in [5, 5.41) is 0. The minimum atomic E-state index is 1.09. The van der Waals surface area contributed by atoms with Gasteiger partial charge in [-0.2, -0.15) is 0 Å². The van der Waals surface area contributed by atoms with Crippen LogP contribution in [0.25, 0.3) is 16.7 Å². The highest BCUT2D eigenvalue weighted by Crippen LogP contribution is 2.31. The highest BCUT2D eigenvalue weighted by atomic mass is 15.1. The van der Waals surface area contributed by atoms with Crippen molar-refractivity contribution < 1.29 is 0 Å². The highest BCUT2D eigenvalue weighted by molar-refractivity contribution is 5.83. The second-order valence-electron chi connectivity index (χ2n) is 8.66. The van der Waals surface area contributed by atoms with Crippen molar-refractivity contribution in [2.75, 3.05) is 19.0 Å². The third-order valence-corrected chi connectivity index (χ3v) is 5.86. The summed E-state index contributed by atoms with van der Waals surface area (Å²) in [5.41, 5.74) is 13.5. The van der Waals surface area contributed by atoms with Crippen molar-refractivity contribution in [3.63, 3.8) is 0 Å². The molecule has 0 aliphatic rings. The Morgan fingerprint density at radius 3 is 2.06 bits per heavy atom. The summed E-state index contributed by atoms with van der Waals surface area (Å²) in [7, 11) is 4.18. The van der Waals surface area contributed by atoms with Crippen LogP contribution in [0.1, 0.15) is 55.5 Å². The monoisotopic (exact) mass is 411 g/mol. The number of allylic oxidation sites excluding steroid dienone is 8. The topological polar surface area (TPSA) is 3.24 Å². The summed E-state index contributed by atoms with van der Waals surface area (Å²) < 4.78 is 0. The van der Waals surface area contributed by atoms with Crippen LogP contribution in [0.3, 0.4) is 0 Å². The van der Waals surface area contributed by atoms with Gasteiger partial charge in [0.25, 0.3) is 0 Å². The molecule has 0 aliphatic carbocycles. The maximum absolute atomic E-state index is 4.06. The summed E-state index contributed by atoms with van der Waals surface area (Å²) in [4.78, 5) is 2.16. The van der Waals surface area contributed by atoms with Crippen LogP contribution < -0.4 is 4.90 Å². The molecule has 2 rings (SSSR count). The largest absolute Gasteiger partial charge is 0.377 e. The van der Waals surface area contributed by atoms with E-state index in [4.69, 9.17) is 0 Å². The maximum atomic E-state index is 4.06. The quantitative estimate of drug-likeness (QED) is 0.413. The van der Waals surface area contributed by atoms with E-state index < -0.39 is 0 Å². The van der Waals surface area contributed by atoms with Gasteiger partial charge >= 0.3 is 0 Å². The zero-order valence-electron chi connectivity index (χ0n) is 20.6. The lowest BCUT2D eigenvalue weighted by Gasteiger charge is -2.19. The van der Waals surface area contributed by atoms with Crippen molar-refractivity contribution in [1.29, 1.82) is 0 Å². The molecule has 1 heteroatoms. The van der Waals surface area contributed by atoms with E-state index in [1.54, 1.807) is 0 Å². The molecule has 0 aromatic heterocycles. The zero-order chi connectivity index (χ0) is 23.3. The van der Waals surface area contributed by atoms with E-state index in [1.807, 2.05) is 13.0 Å². The van der Waals surface area contributed by atoms with Crippen molar-refractivity contribution in [2.45, 2.75) is 41.5 Å². The molecule has 0 saturated heterocycles. The lowest BCUT2D eigenvalue weighted by Crippen LogP contribution is -2.10. The first-order valence-corrected chi connectivity index (χ1v) is 10.8. The van der Waals surface area contributed by atoms with Crippen molar-refractivity contribution >= 4 is 22.4 Å². The van der Waals surface area contributed by atoms with Gasteiger partial charge in [-0.05, 0) is 97.7 Å². The average Bonchev–Trinajstić information content (AvgIpc) is 2.71. The van der Waals surface area contributed by atoms with Gasteiger partial charge in [-0.15, -0.1) is 0 Å². The molecule has 162 valence electrons. The molecule has 0 amide bonds. The number of hydrogen-bond donors (Lipinski definition) is 0. The highest BCUT2D eigenvalue weighted by Gasteiger charge is 2.10. The summed E-state index contributed by atoms with van der Waals surface area (Å²) >= 11 is 0. The number of anilines is 1. The Hall–Kier alpha value is -3.06. The predicted molar refractivity (Wildman–Crippen MR) is 142 cm³/mol. The molecule has 31 heavy (non-hydrogen) atoms. The normalized spacial score (nSPS) is 13.0. The fourth-order valence-corrected chi connectivity index (χ4v) is 3.91. The van der Waals surface area contributed by atoms with E-state index in [1.165, 1.54) is 55.8 Å². The predicted octanol–water partition coefficient (Wildman–Crippen LogP) is 8.41. The molecule has 0 spiro atoms. The van der Waals surface area contributed by atoms with E-state index in [2.05, 4.69) is 115 Å². The van der Waals surface area contributed by atoms with Gasteiger partial charge in [0.2, 0.25) is 0 Å². The zero-order valence-corrected chi connectivity index (χ0v) is 20.6. The molecule has 0 atom stereocenters. The minimum absolute atomic E-state index is 1.09. The third-order valence-electron chi connectivity index (χ3n) is 5.86. The Morgan fingerprint density at radius 1 is 0.871 bits per heavy atom. The molecule has 2 aromatic rings. The van der Waals surface area contributed by atoms with Crippen LogP contribution in [0.4, 0.5) is 5.69 Å². The number of rotatable bonds is 7. The Labute approximate surface area is 189 Å². The summed E-state index contributed by atoms with van der Waals surface area (Å²) in [6.07, 6.45) is 6.27. The second-order valence-corrected chi connectivity index (χ2v) is 8.66. The molecule has 0 radical (unpaired) electrons. The van der Waals surface area contributed by atoms with Gasteiger partial charge in [0.1, 0.15) is 0 Å². The van der Waals surface area contributed by atoms with E-state index in [9.17, 15) is 0 Å². The van der Waals surface area contributed by atoms with Crippen LogP contribution in [0.5, 0.6) is 0 Å². The Morgan fingerprint density at radius 2 is 1.52 bits per heavy atom. The molecular weight excluding hydrogens is 374 g/mol. The van der Waals surface area contributed by atoms with Crippen molar-refractivity contribution in [3.05, 3.63) is 107 Å². The van der Waals surface area contributed by atoms with Crippen molar-refractivity contribution in [1.82, 2.24) is 0 Å². The van der Waals surface area contributed by atoms with Gasteiger partial charge < -0.3 is 4.90 Å². The molecular formula is C30H37N. The van der Waals surface area contributed by atoms with Crippen molar-refractivity contribution in [3.8, 4) is 0 Å². The fraction of sp³-hybridized carbons (Fsp3) is 0.267. The molecule has 1 nitrogen and oxygen atoms in total. The minimum Gasteiger partial charge on any atom is -0.377 e. The van der Waals surface area contributed by atoms with Gasteiger partial charge in [-0.3, -0.25) is 0 Å². The van der Waals surface area contributed by atoms with Crippen LogP contribution >= 0.6 is 0 Å². The molecule has 0 heterocycles. The maximum Gasteiger partial charge on any atom is 0.0396 e. The first-order valence-electron chi connectivity index (χ1n) is 10.8. The molecule has 0 unspecified atom stereocenters. The summed E-state index contributed by atoms with van der Waals surface area (Å²) in [5.74, 6) is 0. The third kappa shape index (κ3) is 5.76. The van der Waals surface area contributed by atoms with Crippen molar-refractivity contribution in [2.24, 2.45) is 0 Å². The van der Waals surface area contributed by atoms with Gasteiger partial charge in [0.15, 0.2) is 0 Å². The van der Waals surface area contributed by atoms with Gasteiger partial charge in [-0.25, -0.2) is 0 Å². The SMILES string of the molecule is C=C\C=C(/C(C)=C(C)/C=C(\C)c1ccc(C(=C)C)cc1C)c1ccc(C)c(N(C)C)c1. The van der Waals surface area contributed by atoms with Crippen LogP contribution in [0.2, 0.25) is 0 Å². The lowest BCUT2D eigenvalue weighted by atomic mass is 9.91. The molecule has 2 aromatic carbocycles. The van der Waals surface area contributed by atoms with E-state index in [0.29, 0.717) is 0 Å². The smallest absolute Gasteiger partial charge is 0.0396 e.